The number of fused-ring (bicyclic) bond motifs is 1. The summed E-state index contributed by atoms with van der Waals surface area (Å²) in [5, 5.41) is 0. The van der Waals surface area contributed by atoms with Gasteiger partial charge in [0.2, 0.25) is 5.91 Å². The molecule has 1 aliphatic heterocycles. The van der Waals surface area contributed by atoms with Crippen LogP contribution in [0.15, 0.2) is 24.3 Å². The fraction of sp³-hybridized carbons (Fsp3) is 0.562. The second-order valence-electron chi connectivity index (χ2n) is 5.79. The molecule has 1 saturated carbocycles. The van der Waals surface area contributed by atoms with Gasteiger partial charge in [0.05, 0.1) is 18.8 Å². The molecule has 108 valence electrons. The van der Waals surface area contributed by atoms with Gasteiger partial charge in [-0.25, -0.2) is 0 Å². The van der Waals surface area contributed by atoms with Crippen molar-refractivity contribution in [3.8, 4) is 0 Å². The summed E-state index contributed by atoms with van der Waals surface area (Å²) in [7, 11) is 0. The quantitative estimate of drug-likeness (QED) is 0.884. The zero-order valence-electron chi connectivity index (χ0n) is 11.8. The summed E-state index contributed by atoms with van der Waals surface area (Å²) in [5.41, 5.74) is 8.10. The number of hydrogen-bond acceptors (Lipinski definition) is 3. The Morgan fingerprint density at radius 3 is 2.70 bits per heavy atom. The predicted molar refractivity (Wildman–Crippen MR) is 77.1 cm³/mol. The number of nitrogens with zero attached hydrogens (tertiary/aromatic N) is 1. The first-order valence-electron chi connectivity index (χ1n) is 7.46. The Kier molecular flexibility index (Phi) is 4.03. The highest BCUT2D eigenvalue weighted by Crippen LogP contribution is 2.24. The Morgan fingerprint density at radius 2 is 2.05 bits per heavy atom. The number of primary amides is 1. The zero-order valence-corrected chi connectivity index (χ0v) is 11.8. The summed E-state index contributed by atoms with van der Waals surface area (Å²) >= 11 is 0. The van der Waals surface area contributed by atoms with Gasteiger partial charge in [0.15, 0.2) is 0 Å². The van der Waals surface area contributed by atoms with Crippen LogP contribution in [0, 0.1) is 0 Å². The molecule has 4 heteroatoms. The lowest BCUT2D eigenvalue weighted by atomic mass is 9.93. The van der Waals surface area contributed by atoms with E-state index in [1.807, 2.05) is 12.1 Å². The Labute approximate surface area is 119 Å². The van der Waals surface area contributed by atoms with E-state index in [0.29, 0.717) is 12.7 Å². The second kappa shape index (κ2) is 5.94. The van der Waals surface area contributed by atoms with E-state index < -0.39 is 0 Å². The molecule has 0 unspecified atom stereocenters. The molecule has 0 saturated heterocycles. The number of nitrogens with two attached hydrogens (primary N) is 1. The topological polar surface area (TPSA) is 55.6 Å². The summed E-state index contributed by atoms with van der Waals surface area (Å²) in [5.74, 6) is -0.233. The molecule has 1 aliphatic carbocycles. The molecule has 1 fully saturated rings. The van der Waals surface area contributed by atoms with E-state index in [-0.39, 0.29) is 11.9 Å². The van der Waals surface area contributed by atoms with Gasteiger partial charge in [-0.15, -0.1) is 0 Å². The number of benzene rings is 1. The van der Waals surface area contributed by atoms with Gasteiger partial charge in [0.1, 0.15) is 0 Å². The molecule has 20 heavy (non-hydrogen) atoms. The first-order chi connectivity index (χ1) is 9.74. The minimum absolute atomic E-state index is 0.199. The number of amides is 1. The fourth-order valence-electron chi connectivity index (χ4n) is 2.97. The largest absolute Gasteiger partial charge is 0.377 e. The molecule has 0 spiro atoms. The summed E-state index contributed by atoms with van der Waals surface area (Å²) in [4.78, 5) is 13.8. The highest BCUT2D eigenvalue weighted by molar-refractivity contribution is 5.80. The zero-order chi connectivity index (χ0) is 13.9. The Balaban J connectivity index is 1.63. The third kappa shape index (κ3) is 2.86. The lowest BCUT2D eigenvalue weighted by Crippen LogP contribution is -2.49. The van der Waals surface area contributed by atoms with Crippen LogP contribution in [-0.2, 0) is 22.5 Å². The number of rotatable bonds is 5. The average molecular weight is 274 g/mol. The first kappa shape index (κ1) is 13.6. The summed E-state index contributed by atoms with van der Waals surface area (Å²) < 4.78 is 5.80. The van der Waals surface area contributed by atoms with Crippen molar-refractivity contribution < 1.29 is 9.53 Å². The molecule has 0 radical (unpaired) electrons. The maximum Gasteiger partial charge on any atom is 0.235 e. The van der Waals surface area contributed by atoms with E-state index in [1.165, 1.54) is 30.4 Å². The molecule has 1 atom stereocenters. The van der Waals surface area contributed by atoms with Gasteiger partial charge < -0.3 is 10.5 Å². The minimum atomic E-state index is -0.233. The van der Waals surface area contributed by atoms with Crippen LogP contribution in [0.1, 0.15) is 30.4 Å². The van der Waals surface area contributed by atoms with Gasteiger partial charge in [-0.1, -0.05) is 24.3 Å². The van der Waals surface area contributed by atoms with Crippen LogP contribution < -0.4 is 5.73 Å². The molecule has 2 N–H and O–H groups in total. The molecule has 4 nitrogen and oxygen atoms in total. The lowest BCUT2D eigenvalue weighted by molar-refractivity contribution is -0.124. The maximum atomic E-state index is 11.7. The van der Waals surface area contributed by atoms with Crippen molar-refractivity contribution in [3.05, 3.63) is 35.4 Å². The van der Waals surface area contributed by atoms with E-state index >= 15 is 0 Å². The molecular formula is C16H22N2O2. The van der Waals surface area contributed by atoms with Gasteiger partial charge in [0, 0.05) is 13.1 Å². The summed E-state index contributed by atoms with van der Waals surface area (Å²) in [6.07, 6.45) is 4.81. The van der Waals surface area contributed by atoms with Crippen LogP contribution in [0.4, 0.5) is 0 Å². The Hall–Kier alpha value is -1.39. The molecule has 0 aromatic heterocycles. The van der Waals surface area contributed by atoms with Gasteiger partial charge in [0.25, 0.3) is 0 Å². The molecule has 1 heterocycles. The standard InChI is InChI=1S/C16H22N2O2/c17-16(19)15-10-12-4-1-2-5-13(12)11-18(15)8-9-20-14-6-3-7-14/h1-2,4-5,14-15H,3,6-11H2,(H2,17,19)/t15-/m0/s1. The van der Waals surface area contributed by atoms with Crippen LogP contribution in [-0.4, -0.2) is 36.1 Å². The van der Waals surface area contributed by atoms with Crippen molar-refractivity contribution in [2.45, 2.75) is 44.4 Å². The van der Waals surface area contributed by atoms with Crippen LogP contribution >= 0.6 is 0 Å². The van der Waals surface area contributed by atoms with Crippen molar-refractivity contribution in [2.24, 2.45) is 5.73 Å². The van der Waals surface area contributed by atoms with Crippen LogP contribution in [0.25, 0.3) is 0 Å². The Morgan fingerprint density at radius 1 is 1.30 bits per heavy atom. The smallest absolute Gasteiger partial charge is 0.235 e. The molecular weight excluding hydrogens is 252 g/mol. The van der Waals surface area contributed by atoms with Crippen LogP contribution in [0.2, 0.25) is 0 Å². The molecule has 0 bridgehead atoms. The van der Waals surface area contributed by atoms with Gasteiger partial charge in [-0.3, -0.25) is 9.69 Å². The molecule has 1 amide bonds. The minimum Gasteiger partial charge on any atom is -0.377 e. The van der Waals surface area contributed by atoms with E-state index in [0.717, 1.165) is 19.5 Å². The van der Waals surface area contributed by atoms with E-state index in [9.17, 15) is 4.79 Å². The van der Waals surface area contributed by atoms with E-state index in [4.69, 9.17) is 10.5 Å². The van der Waals surface area contributed by atoms with Crippen molar-refractivity contribution in [1.82, 2.24) is 4.90 Å². The van der Waals surface area contributed by atoms with Crippen molar-refractivity contribution in [1.29, 1.82) is 0 Å². The van der Waals surface area contributed by atoms with Crippen molar-refractivity contribution >= 4 is 5.91 Å². The number of carbonyl (C=O) groups is 1. The number of hydrogen-bond donors (Lipinski definition) is 1. The first-order valence-corrected chi connectivity index (χ1v) is 7.46. The third-order valence-electron chi connectivity index (χ3n) is 4.46. The normalized spacial score (nSPS) is 23.1. The summed E-state index contributed by atoms with van der Waals surface area (Å²) in [6.45, 7) is 2.26. The molecule has 3 rings (SSSR count). The third-order valence-corrected chi connectivity index (χ3v) is 4.46. The molecule has 1 aromatic rings. The van der Waals surface area contributed by atoms with E-state index in [1.54, 1.807) is 0 Å². The lowest BCUT2D eigenvalue weighted by Gasteiger charge is -2.35. The maximum absolute atomic E-state index is 11.7. The fourth-order valence-corrected chi connectivity index (χ4v) is 2.97. The highest BCUT2D eigenvalue weighted by Gasteiger charge is 2.29. The highest BCUT2D eigenvalue weighted by atomic mass is 16.5. The predicted octanol–water partition coefficient (Wildman–Crippen LogP) is 1.47. The Bertz CT molecular complexity index is 485. The number of ether oxygens (including phenoxy) is 1. The van der Waals surface area contributed by atoms with Gasteiger partial charge in [-0.2, -0.15) is 0 Å². The number of carbonyl (C=O) groups excluding carboxylic acids is 1. The van der Waals surface area contributed by atoms with Crippen molar-refractivity contribution in [3.63, 3.8) is 0 Å². The molecule has 2 aliphatic rings. The van der Waals surface area contributed by atoms with Gasteiger partial charge >= 0.3 is 0 Å². The SMILES string of the molecule is NC(=O)[C@@H]1Cc2ccccc2CN1CCOC1CCC1. The van der Waals surface area contributed by atoms with Crippen LogP contribution in [0.3, 0.4) is 0 Å². The van der Waals surface area contributed by atoms with Crippen LogP contribution in [0.5, 0.6) is 0 Å². The van der Waals surface area contributed by atoms with Crippen molar-refractivity contribution in [2.75, 3.05) is 13.2 Å². The summed E-state index contributed by atoms with van der Waals surface area (Å²) in [6, 6.07) is 8.09. The second-order valence-corrected chi connectivity index (χ2v) is 5.79. The monoisotopic (exact) mass is 274 g/mol. The van der Waals surface area contributed by atoms with Gasteiger partial charge in [-0.05, 0) is 36.8 Å². The average Bonchev–Trinajstić information content (AvgIpc) is 2.40. The van der Waals surface area contributed by atoms with E-state index in [2.05, 4.69) is 17.0 Å². The molecule has 1 aromatic carbocycles.